The van der Waals surface area contributed by atoms with Crippen molar-refractivity contribution < 1.29 is 9.90 Å². The average Bonchev–Trinajstić information content (AvgIpc) is 2.65. The highest BCUT2D eigenvalue weighted by Crippen LogP contribution is 2.13. The molecule has 0 heterocycles. The van der Waals surface area contributed by atoms with E-state index in [0.717, 1.165) is 39.0 Å². The van der Waals surface area contributed by atoms with Gasteiger partial charge in [-0.15, -0.1) is 0 Å². The number of hydrogen-bond acceptors (Lipinski definition) is 4. The molecule has 1 aromatic rings. The number of anilines is 1. The standard InChI is InChI=1S/C20H35N5O2/c1-5-21-20(23-16(4)9-8-14-25(6-2)7-3)22-15-19(27)24-17-10-12-18(26)13-11-17/h10-13,16,26H,5-9,14-15H2,1-4H3,(H,24,27)(H2,21,22,23). The molecule has 1 unspecified atom stereocenters. The summed E-state index contributed by atoms with van der Waals surface area (Å²) in [6.45, 7) is 12.5. The summed E-state index contributed by atoms with van der Waals surface area (Å²) < 4.78 is 0. The lowest BCUT2D eigenvalue weighted by Crippen LogP contribution is -2.43. The van der Waals surface area contributed by atoms with E-state index in [4.69, 9.17) is 0 Å². The molecule has 0 aliphatic heterocycles. The fourth-order valence-electron chi connectivity index (χ4n) is 2.68. The number of guanidine groups is 1. The first-order chi connectivity index (χ1) is 13.0. The fourth-order valence-corrected chi connectivity index (χ4v) is 2.68. The van der Waals surface area contributed by atoms with Crippen molar-refractivity contribution in [2.45, 2.75) is 46.6 Å². The van der Waals surface area contributed by atoms with E-state index in [1.807, 2.05) is 6.92 Å². The van der Waals surface area contributed by atoms with Crippen LogP contribution in [0.5, 0.6) is 5.75 Å². The molecule has 0 fully saturated rings. The monoisotopic (exact) mass is 377 g/mol. The number of phenols is 1. The van der Waals surface area contributed by atoms with Crippen molar-refractivity contribution >= 4 is 17.6 Å². The van der Waals surface area contributed by atoms with Crippen LogP contribution in [0.2, 0.25) is 0 Å². The minimum atomic E-state index is -0.202. The topological polar surface area (TPSA) is 89.0 Å². The largest absolute Gasteiger partial charge is 0.508 e. The number of carbonyl (C=O) groups excluding carboxylic acids is 1. The van der Waals surface area contributed by atoms with E-state index in [9.17, 15) is 9.90 Å². The maximum absolute atomic E-state index is 12.1. The van der Waals surface area contributed by atoms with Crippen molar-refractivity contribution in [3.63, 3.8) is 0 Å². The Morgan fingerprint density at radius 3 is 2.44 bits per heavy atom. The van der Waals surface area contributed by atoms with Crippen LogP contribution in [0.25, 0.3) is 0 Å². The molecule has 7 nitrogen and oxygen atoms in total. The number of aliphatic imine (C=N–C) groups is 1. The predicted octanol–water partition coefficient (Wildman–Crippen LogP) is 2.40. The summed E-state index contributed by atoms with van der Waals surface area (Å²) in [5, 5.41) is 18.6. The number of aromatic hydroxyl groups is 1. The fraction of sp³-hybridized carbons (Fsp3) is 0.600. The molecule has 1 rings (SSSR count). The molecular formula is C20H35N5O2. The van der Waals surface area contributed by atoms with Crippen LogP contribution in [0.1, 0.15) is 40.5 Å². The van der Waals surface area contributed by atoms with Crippen LogP contribution in [0.15, 0.2) is 29.3 Å². The van der Waals surface area contributed by atoms with Gasteiger partial charge in [-0.3, -0.25) is 4.79 Å². The smallest absolute Gasteiger partial charge is 0.246 e. The van der Waals surface area contributed by atoms with Gasteiger partial charge in [-0.2, -0.15) is 0 Å². The van der Waals surface area contributed by atoms with E-state index < -0.39 is 0 Å². The third-order valence-electron chi connectivity index (χ3n) is 4.27. The molecule has 0 aliphatic rings. The lowest BCUT2D eigenvalue weighted by Gasteiger charge is -2.21. The van der Waals surface area contributed by atoms with Gasteiger partial charge in [-0.25, -0.2) is 4.99 Å². The SMILES string of the molecule is CCNC(=NCC(=O)Nc1ccc(O)cc1)NC(C)CCCN(CC)CC. The maximum Gasteiger partial charge on any atom is 0.246 e. The van der Waals surface area contributed by atoms with Gasteiger partial charge in [0.15, 0.2) is 5.96 Å². The third kappa shape index (κ3) is 9.84. The second-order valence-corrected chi connectivity index (χ2v) is 6.50. The number of phenolic OH excluding ortho intramolecular Hbond substituents is 1. The molecule has 4 N–H and O–H groups in total. The Labute approximate surface area is 163 Å². The molecule has 0 bridgehead atoms. The minimum absolute atomic E-state index is 0.0301. The van der Waals surface area contributed by atoms with Gasteiger partial charge < -0.3 is 26.0 Å². The number of nitrogens with one attached hydrogen (secondary N) is 3. The Morgan fingerprint density at radius 2 is 1.85 bits per heavy atom. The first-order valence-electron chi connectivity index (χ1n) is 9.84. The van der Waals surface area contributed by atoms with Crippen LogP contribution < -0.4 is 16.0 Å². The molecule has 0 aromatic heterocycles. The van der Waals surface area contributed by atoms with Crippen molar-refractivity contribution in [3.05, 3.63) is 24.3 Å². The molecule has 1 amide bonds. The molecule has 0 saturated heterocycles. The summed E-state index contributed by atoms with van der Waals surface area (Å²) in [5.41, 5.74) is 0.635. The molecule has 0 radical (unpaired) electrons. The Kier molecular flexibility index (Phi) is 10.9. The number of rotatable bonds is 11. The Morgan fingerprint density at radius 1 is 1.19 bits per heavy atom. The van der Waals surface area contributed by atoms with Crippen LogP contribution >= 0.6 is 0 Å². The van der Waals surface area contributed by atoms with Gasteiger partial charge in [0.2, 0.25) is 5.91 Å². The zero-order valence-corrected chi connectivity index (χ0v) is 17.1. The second-order valence-electron chi connectivity index (χ2n) is 6.50. The summed E-state index contributed by atoms with van der Waals surface area (Å²) in [6.07, 6.45) is 2.16. The van der Waals surface area contributed by atoms with Gasteiger partial charge >= 0.3 is 0 Å². The van der Waals surface area contributed by atoms with Crippen LogP contribution in [0, 0.1) is 0 Å². The van der Waals surface area contributed by atoms with Gasteiger partial charge in [0.05, 0.1) is 0 Å². The summed E-state index contributed by atoms with van der Waals surface area (Å²) in [4.78, 5) is 18.8. The lowest BCUT2D eigenvalue weighted by atomic mass is 10.2. The zero-order valence-electron chi connectivity index (χ0n) is 17.1. The number of carbonyl (C=O) groups is 1. The minimum Gasteiger partial charge on any atom is -0.508 e. The number of nitrogens with zero attached hydrogens (tertiary/aromatic N) is 2. The molecular weight excluding hydrogens is 342 g/mol. The van der Waals surface area contributed by atoms with Crippen molar-refractivity contribution in [1.82, 2.24) is 15.5 Å². The van der Waals surface area contributed by atoms with Gasteiger partial charge in [0, 0.05) is 18.3 Å². The van der Waals surface area contributed by atoms with Gasteiger partial charge in [0.25, 0.3) is 0 Å². The van der Waals surface area contributed by atoms with Crippen molar-refractivity contribution in [2.75, 3.05) is 38.0 Å². The third-order valence-corrected chi connectivity index (χ3v) is 4.27. The summed E-state index contributed by atoms with van der Waals surface area (Å²) in [5.74, 6) is 0.611. The van der Waals surface area contributed by atoms with Gasteiger partial charge in [-0.05, 0) is 70.6 Å². The molecule has 1 aromatic carbocycles. The van der Waals surface area contributed by atoms with E-state index >= 15 is 0 Å². The quantitative estimate of drug-likeness (QED) is 0.270. The van der Waals surface area contributed by atoms with E-state index in [2.05, 4.69) is 46.6 Å². The highest BCUT2D eigenvalue weighted by Gasteiger charge is 2.08. The molecule has 0 aliphatic carbocycles. The highest BCUT2D eigenvalue weighted by atomic mass is 16.3. The first kappa shape index (κ1) is 22.8. The second kappa shape index (κ2) is 13.0. The normalized spacial score (nSPS) is 12.7. The van der Waals surface area contributed by atoms with Crippen LogP contribution in [0.4, 0.5) is 5.69 Å². The molecule has 152 valence electrons. The van der Waals surface area contributed by atoms with E-state index in [0.29, 0.717) is 11.6 Å². The summed E-state index contributed by atoms with van der Waals surface area (Å²) >= 11 is 0. The summed E-state index contributed by atoms with van der Waals surface area (Å²) in [7, 11) is 0. The number of hydrogen-bond donors (Lipinski definition) is 4. The average molecular weight is 378 g/mol. The van der Waals surface area contributed by atoms with E-state index in [-0.39, 0.29) is 24.2 Å². The highest BCUT2D eigenvalue weighted by molar-refractivity contribution is 5.94. The lowest BCUT2D eigenvalue weighted by molar-refractivity contribution is -0.114. The van der Waals surface area contributed by atoms with E-state index in [1.54, 1.807) is 12.1 Å². The van der Waals surface area contributed by atoms with Crippen LogP contribution in [0.3, 0.4) is 0 Å². The number of amides is 1. The molecule has 1 atom stereocenters. The molecule has 0 spiro atoms. The zero-order chi connectivity index (χ0) is 20.1. The number of benzene rings is 1. The Bertz CT molecular complexity index is 570. The van der Waals surface area contributed by atoms with Crippen molar-refractivity contribution in [1.29, 1.82) is 0 Å². The Balaban J connectivity index is 2.45. The van der Waals surface area contributed by atoms with E-state index in [1.165, 1.54) is 12.1 Å². The van der Waals surface area contributed by atoms with Crippen LogP contribution in [-0.4, -0.2) is 60.6 Å². The first-order valence-corrected chi connectivity index (χ1v) is 9.84. The van der Waals surface area contributed by atoms with Gasteiger partial charge in [0.1, 0.15) is 12.3 Å². The predicted molar refractivity (Wildman–Crippen MR) is 112 cm³/mol. The van der Waals surface area contributed by atoms with Crippen molar-refractivity contribution in [3.8, 4) is 5.75 Å². The van der Waals surface area contributed by atoms with Crippen LogP contribution in [-0.2, 0) is 4.79 Å². The molecule has 7 heteroatoms. The Hall–Kier alpha value is -2.28. The van der Waals surface area contributed by atoms with Crippen molar-refractivity contribution in [2.24, 2.45) is 4.99 Å². The molecule has 27 heavy (non-hydrogen) atoms. The molecule has 0 saturated carbocycles. The van der Waals surface area contributed by atoms with Gasteiger partial charge in [-0.1, -0.05) is 13.8 Å². The summed E-state index contributed by atoms with van der Waals surface area (Å²) in [6, 6.07) is 6.64. The maximum atomic E-state index is 12.1.